The van der Waals surface area contributed by atoms with Gasteiger partial charge in [-0.2, -0.15) is 0 Å². The van der Waals surface area contributed by atoms with Crippen molar-refractivity contribution < 1.29 is 0 Å². The van der Waals surface area contributed by atoms with Crippen LogP contribution in [0.25, 0.3) is 16.3 Å². The number of rotatable bonds is 5. The minimum absolute atomic E-state index is 0.142. The quantitative estimate of drug-likeness (QED) is 0.591. The van der Waals surface area contributed by atoms with Gasteiger partial charge in [0.05, 0.1) is 11.1 Å². The number of piperidine rings is 1. The van der Waals surface area contributed by atoms with Gasteiger partial charge in [-0.05, 0) is 105 Å². The van der Waals surface area contributed by atoms with Crippen molar-refractivity contribution in [3.05, 3.63) is 70.3 Å². The Bertz CT molecular complexity index is 1200. The minimum atomic E-state index is -0.142. The van der Waals surface area contributed by atoms with Crippen LogP contribution in [0.4, 0.5) is 11.5 Å². The number of benzene rings is 1. The molecule has 0 bridgehead atoms. The summed E-state index contributed by atoms with van der Waals surface area (Å²) in [6.07, 6.45) is 6.94. The second-order valence-corrected chi connectivity index (χ2v) is 9.15. The topological polar surface area (TPSA) is 61.0 Å². The van der Waals surface area contributed by atoms with Gasteiger partial charge in [0.1, 0.15) is 5.82 Å². The second kappa shape index (κ2) is 7.97. The lowest BCUT2D eigenvalue weighted by atomic mass is 9.86. The van der Waals surface area contributed by atoms with Crippen LogP contribution >= 0.6 is 0 Å². The van der Waals surface area contributed by atoms with Crippen molar-refractivity contribution in [2.24, 2.45) is 0 Å². The Morgan fingerprint density at radius 3 is 2.61 bits per heavy atom. The predicted octanol–water partition coefficient (Wildman–Crippen LogP) is 5.35. The van der Waals surface area contributed by atoms with Crippen molar-refractivity contribution in [2.45, 2.75) is 51.5 Å². The summed E-state index contributed by atoms with van der Waals surface area (Å²) in [4.78, 5) is 22.6. The number of nitrogens with one attached hydrogen (secondary N) is 2. The fourth-order valence-electron chi connectivity index (χ4n) is 4.89. The van der Waals surface area contributed by atoms with Crippen LogP contribution in [0.2, 0.25) is 0 Å². The molecule has 1 aromatic carbocycles. The first kappa shape index (κ1) is 20.0. The van der Waals surface area contributed by atoms with Gasteiger partial charge >= 0.3 is 0 Å². The first-order chi connectivity index (χ1) is 15.0. The first-order valence-electron chi connectivity index (χ1n) is 11.3. The number of nitrogens with zero attached hydrogens (tertiary/aromatic N) is 2. The Morgan fingerprint density at radius 1 is 1.16 bits per heavy atom. The third kappa shape index (κ3) is 4.02. The molecule has 5 nitrogen and oxygen atoms in total. The highest BCUT2D eigenvalue weighted by Crippen LogP contribution is 2.36. The Balaban J connectivity index is 1.42. The second-order valence-electron chi connectivity index (χ2n) is 9.15. The zero-order valence-corrected chi connectivity index (χ0v) is 18.4. The molecular weight excluding hydrogens is 384 g/mol. The lowest BCUT2D eigenvalue weighted by Crippen LogP contribution is -2.34. The Hall–Kier alpha value is -2.92. The van der Waals surface area contributed by atoms with Crippen LogP contribution in [-0.2, 0) is 0 Å². The van der Waals surface area contributed by atoms with Crippen LogP contribution in [0.5, 0.6) is 0 Å². The molecule has 0 atom stereocenters. The van der Waals surface area contributed by atoms with Gasteiger partial charge in [-0.25, -0.2) is 4.98 Å². The minimum Gasteiger partial charge on any atom is -0.340 e. The molecule has 1 aliphatic heterocycles. The van der Waals surface area contributed by atoms with E-state index < -0.39 is 0 Å². The molecule has 2 N–H and O–H groups in total. The molecule has 160 valence electrons. The van der Waals surface area contributed by atoms with E-state index in [0.717, 1.165) is 28.4 Å². The third-order valence-electron chi connectivity index (χ3n) is 6.76. The average Bonchev–Trinajstić information content (AvgIpc) is 3.59. The zero-order valence-electron chi connectivity index (χ0n) is 18.4. The number of aromatic nitrogens is 2. The molecule has 2 fully saturated rings. The Labute approximate surface area is 183 Å². The van der Waals surface area contributed by atoms with Gasteiger partial charge in [0.25, 0.3) is 5.56 Å². The van der Waals surface area contributed by atoms with E-state index in [-0.39, 0.29) is 5.56 Å². The van der Waals surface area contributed by atoms with Gasteiger partial charge in [0.15, 0.2) is 0 Å². The molecule has 5 heteroatoms. The molecule has 31 heavy (non-hydrogen) atoms. The molecule has 0 spiro atoms. The number of likely N-dealkylation sites (tertiary alicyclic amines) is 1. The number of anilines is 2. The maximum absolute atomic E-state index is 12.5. The summed E-state index contributed by atoms with van der Waals surface area (Å²) in [7, 11) is 0. The van der Waals surface area contributed by atoms with E-state index in [1.807, 2.05) is 19.1 Å². The van der Waals surface area contributed by atoms with Crippen LogP contribution in [0.1, 0.15) is 55.3 Å². The summed E-state index contributed by atoms with van der Waals surface area (Å²) in [5.74, 6) is 1.21. The SMILES string of the molecule is C=C(C)c1cc2cc[nH]c(=O)c2c(Nc2ccc(C3CCN(C4CC4)CC3)c(C)c2)n1. The van der Waals surface area contributed by atoms with E-state index in [4.69, 9.17) is 4.98 Å². The molecule has 0 radical (unpaired) electrons. The molecule has 1 saturated heterocycles. The fourth-order valence-corrected chi connectivity index (χ4v) is 4.89. The summed E-state index contributed by atoms with van der Waals surface area (Å²) >= 11 is 0. The van der Waals surface area contributed by atoms with Crippen molar-refractivity contribution in [2.75, 3.05) is 18.4 Å². The van der Waals surface area contributed by atoms with Crippen LogP contribution in [0.3, 0.4) is 0 Å². The van der Waals surface area contributed by atoms with Crippen molar-refractivity contribution in [3.8, 4) is 0 Å². The highest BCUT2D eigenvalue weighted by Gasteiger charge is 2.32. The van der Waals surface area contributed by atoms with Gasteiger partial charge < -0.3 is 15.2 Å². The standard InChI is InChI=1S/C26H30N4O/c1-16(2)23-15-19-8-11-27-26(31)24(19)25(29-23)28-20-4-7-22(17(3)14-20)18-9-12-30(13-10-18)21-5-6-21/h4,7-8,11,14-15,18,21H,1,5-6,9-10,12-13H2,2-3H3,(H,27,31)(H,28,29). The Kier molecular flexibility index (Phi) is 5.14. The van der Waals surface area contributed by atoms with Crippen molar-refractivity contribution >= 4 is 27.9 Å². The maximum atomic E-state index is 12.5. The number of fused-ring (bicyclic) bond motifs is 1. The highest BCUT2D eigenvalue weighted by molar-refractivity contribution is 5.94. The van der Waals surface area contributed by atoms with Crippen molar-refractivity contribution in [3.63, 3.8) is 0 Å². The van der Waals surface area contributed by atoms with Crippen LogP contribution in [0.15, 0.2) is 47.9 Å². The van der Waals surface area contributed by atoms with E-state index in [1.165, 1.54) is 49.9 Å². The highest BCUT2D eigenvalue weighted by atomic mass is 16.1. The molecule has 3 aromatic rings. The number of aryl methyl sites for hydroxylation is 1. The monoisotopic (exact) mass is 414 g/mol. The summed E-state index contributed by atoms with van der Waals surface area (Å²) in [5.41, 5.74) is 5.21. The number of hydrogen-bond donors (Lipinski definition) is 2. The predicted molar refractivity (Wildman–Crippen MR) is 128 cm³/mol. The number of pyridine rings is 2. The number of aromatic amines is 1. The van der Waals surface area contributed by atoms with Gasteiger partial charge in [0, 0.05) is 17.9 Å². The van der Waals surface area contributed by atoms with E-state index in [0.29, 0.717) is 17.1 Å². The molecule has 0 amide bonds. The Morgan fingerprint density at radius 2 is 1.94 bits per heavy atom. The number of H-pyrrole nitrogens is 1. The lowest BCUT2D eigenvalue weighted by molar-refractivity contribution is 0.203. The maximum Gasteiger partial charge on any atom is 0.259 e. The molecule has 2 aliphatic rings. The van der Waals surface area contributed by atoms with E-state index >= 15 is 0 Å². The molecule has 3 heterocycles. The summed E-state index contributed by atoms with van der Waals surface area (Å²) < 4.78 is 0. The van der Waals surface area contributed by atoms with Gasteiger partial charge in [-0.3, -0.25) is 4.79 Å². The number of allylic oxidation sites excluding steroid dienone is 1. The molecule has 1 saturated carbocycles. The number of hydrogen-bond acceptors (Lipinski definition) is 4. The van der Waals surface area contributed by atoms with Crippen molar-refractivity contribution in [1.29, 1.82) is 0 Å². The summed E-state index contributed by atoms with van der Waals surface area (Å²) in [5, 5.41) is 4.83. The van der Waals surface area contributed by atoms with Crippen molar-refractivity contribution in [1.82, 2.24) is 14.9 Å². The first-order valence-corrected chi connectivity index (χ1v) is 11.3. The van der Waals surface area contributed by atoms with Crippen LogP contribution in [0, 0.1) is 6.92 Å². The normalized spacial score (nSPS) is 17.7. The lowest BCUT2D eigenvalue weighted by Gasteiger charge is -2.33. The summed E-state index contributed by atoms with van der Waals surface area (Å²) in [6, 6.07) is 11.2. The van der Waals surface area contributed by atoms with E-state index in [2.05, 4.69) is 46.9 Å². The van der Waals surface area contributed by atoms with Gasteiger partial charge in [0.2, 0.25) is 0 Å². The average molecular weight is 415 g/mol. The molecular formula is C26H30N4O. The molecule has 1 aliphatic carbocycles. The molecule has 2 aromatic heterocycles. The fraction of sp³-hybridized carbons (Fsp3) is 0.385. The zero-order chi connectivity index (χ0) is 21.5. The van der Waals surface area contributed by atoms with Crippen LogP contribution < -0.4 is 10.9 Å². The van der Waals surface area contributed by atoms with E-state index in [9.17, 15) is 4.79 Å². The van der Waals surface area contributed by atoms with Gasteiger partial charge in [-0.1, -0.05) is 12.6 Å². The van der Waals surface area contributed by atoms with Crippen LogP contribution in [-0.4, -0.2) is 34.0 Å². The smallest absolute Gasteiger partial charge is 0.259 e. The largest absolute Gasteiger partial charge is 0.340 e. The van der Waals surface area contributed by atoms with E-state index in [1.54, 1.807) is 6.20 Å². The summed E-state index contributed by atoms with van der Waals surface area (Å²) in [6.45, 7) is 10.6. The third-order valence-corrected chi connectivity index (χ3v) is 6.76. The van der Waals surface area contributed by atoms with Gasteiger partial charge in [-0.15, -0.1) is 0 Å². The molecule has 5 rings (SSSR count). The molecule has 0 unspecified atom stereocenters.